The number of likely N-dealkylation sites (tertiary alicyclic amines) is 1. The Morgan fingerprint density at radius 1 is 1.11 bits per heavy atom. The van der Waals surface area contributed by atoms with E-state index < -0.39 is 0 Å². The van der Waals surface area contributed by atoms with Gasteiger partial charge in [-0.25, -0.2) is 0 Å². The van der Waals surface area contributed by atoms with Gasteiger partial charge in [0.15, 0.2) is 0 Å². The Balaban J connectivity index is 1.35. The molecule has 2 aromatic carbocycles. The van der Waals surface area contributed by atoms with Crippen LogP contribution in [0.25, 0.3) is 0 Å². The Labute approximate surface area is 164 Å². The molecule has 0 saturated carbocycles. The van der Waals surface area contributed by atoms with E-state index in [1.807, 2.05) is 46.2 Å². The minimum Gasteiger partial charge on any atom is -0.342 e. The summed E-state index contributed by atoms with van der Waals surface area (Å²) < 4.78 is 0. The van der Waals surface area contributed by atoms with Gasteiger partial charge in [0.25, 0.3) is 0 Å². The van der Waals surface area contributed by atoms with Crippen LogP contribution in [0.1, 0.15) is 23.1 Å². The highest BCUT2D eigenvalue weighted by Gasteiger charge is 2.36. The average molecular weight is 383 g/mol. The van der Waals surface area contributed by atoms with E-state index in [1.165, 1.54) is 11.1 Å². The Morgan fingerprint density at radius 2 is 1.93 bits per heavy atom. The number of hydrogen-bond acceptors (Lipinski definition) is 2. The van der Waals surface area contributed by atoms with E-state index in [0.29, 0.717) is 31.1 Å². The number of rotatable bonds is 4. The first-order valence-corrected chi connectivity index (χ1v) is 9.86. The Hall–Kier alpha value is -2.33. The number of carbonyl (C=O) groups is 2. The first-order valence-electron chi connectivity index (χ1n) is 9.48. The molecule has 2 aliphatic heterocycles. The van der Waals surface area contributed by atoms with Gasteiger partial charge in [0, 0.05) is 37.6 Å². The van der Waals surface area contributed by atoms with Crippen molar-refractivity contribution >= 4 is 23.4 Å². The van der Waals surface area contributed by atoms with Crippen LogP contribution in [0.15, 0.2) is 48.5 Å². The van der Waals surface area contributed by atoms with Gasteiger partial charge in [-0.15, -0.1) is 0 Å². The smallest absolute Gasteiger partial charge is 0.228 e. The van der Waals surface area contributed by atoms with E-state index in [9.17, 15) is 9.59 Å². The molecule has 2 aliphatic rings. The molecule has 2 amide bonds. The quantitative estimate of drug-likeness (QED) is 0.813. The highest BCUT2D eigenvalue weighted by molar-refractivity contribution is 6.30. The topological polar surface area (TPSA) is 40.6 Å². The van der Waals surface area contributed by atoms with Crippen molar-refractivity contribution in [3.8, 4) is 0 Å². The van der Waals surface area contributed by atoms with Crippen LogP contribution in [0.5, 0.6) is 0 Å². The molecule has 0 aromatic heterocycles. The van der Waals surface area contributed by atoms with E-state index in [4.69, 9.17) is 11.6 Å². The first kappa shape index (κ1) is 18.1. The molecule has 1 saturated heterocycles. The maximum absolute atomic E-state index is 12.9. The number of carbonyl (C=O) groups excluding carboxylic acids is 2. The molecule has 0 aliphatic carbocycles. The second kappa shape index (κ2) is 7.73. The first-order chi connectivity index (χ1) is 13.1. The molecule has 5 heteroatoms. The summed E-state index contributed by atoms with van der Waals surface area (Å²) in [6.45, 7) is 2.55. The maximum Gasteiger partial charge on any atom is 0.228 e. The van der Waals surface area contributed by atoms with Crippen molar-refractivity contribution in [2.24, 2.45) is 5.92 Å². The zero-order chi connectivity index (χ0) is 18.8. The fraction of sp³-hybridized carbons (Fsp3) is 0.364. The Morgan fingerprint density at radius 3 is 2.74 bits per heavy atom. The highest BCUT2D eigenvalue weighted by atomic mass is 35.5. The summed E-state index contributed by atoms with van der Waals surface area (Å²) in [7, 11) is 0. The lowest BCUT2D eigenvalue weighted by molar-refractivity contribution is -0.136. The van der Waals surface area contributed by atoms with E-state index in [-0.39, 0.29) is 17.7 Å². The van der Waals surface area contributed by atoms with Crippen LogP contribution in [0.3, 0.4) is 0 Å². The van der Waals surface area contributed by atoms with Crippen molar-refractivity contribution in [3.05, 3.63) is 70.2 Å². The third kappa shape index (κ3) is 4.01. The van der Waals surface area contributed by atoms with Gasteiger partial charge in [-0.2, -0.15) is 0 Å². The predicted molar refractivity (Wildman–Crippen MR) is 105 cm³/mol. The van der Waals surface area contributed by atoms with Crippen molar-refractivity contribution in [1.82, 2.24) is 9.80 Å². The number of halogens is 1. The van der Waals surface area contributed by atoms with Crippen LogP contribution in [0, 0.1) is 5.92 Å². The van der Waals surface area contributed by atoms with Gasteiger partial charge in [-0.05, 0) is 41.7 Å². The molecule has 1 atom stereocenters. The standard InChI is InChI=1S/C22H23ClN2O2/c23-20-7-3-4-16(12-20)8-10-24-15-19(13-21(24)26)22(27)25-11-9-17-5-1-2-6-18(17)14-25/h1-7,12,19H,8-11,13-15H2. The maximum atomic E-state index is 12.9. The largest absolute Gasteiger partial charge is 0.342 e. The molecule has 2 aromatic rings. The van der Waals surface area contributed by atoms with Crippen LogP contribution in [-0.4, -0.2) is 41.2 Å². The molecule has 140 valence electrons. The van der Waals surface area contributed by atoms with Crippen molar-refractivity contribution in [2.45, 2.75) is 25.8 Å². The predicted octanol–water partition coefficient (Wildman–Crippen LogP) is 3.32. The molecule has 4 rings (SSSR count). The Kier molecular flexibility index (Phi) is 5.17. The molecular formula is C22H23ClN2O2. The summed E-state index contributed by atoms with van der Waals surface area (Å²) >= 11 is 6.02. The fourth-order valence-electron chi connectivity index (χ4n) is 4.05. The number of benzene rings is 2. The molecule has 27 heavy (non-hydrogen) atoms. The van der Waals surface area contributed by atoms with Crippen LogP contribution in [0.4, 0.5) is 0 Å². The van der Waals surface area contributed by atoms with Crippen molar-refractivity contribution in [2.75, 3.05) is 19.6 Å². The van der Waals surface area contributed by atoms with Crippen LogP contribution in [0.2, 0.25) is 5.02 Å². The molecule has 4 nitrogen and oxygen atoms in total. The molecular weight excluding hydrogens is 360 g/mol. The monoisotopic (exact) mass is 382 g/mol. The summed E-state index contributed by atoms with van der Waals surface area (Å²) in [5.41, 5.74) is 3.66. The second-order valence-electron chi connectivity index (χ2n) is 7.40. The van der Waals surface area contributed by atoms with E-state index in [2.05, 4.69) is 12.1 Å². The number of amides is 2. The van der Waals surface area contributed by atoms with Gasteiger partial charge in [0.05, 0.1) is 5.92 Å². The molecule has 0 N–H and O–H groups in total. The zero-order valence-electron chi connectivity index (χ0n) is 15.2. The fourth-order valence-corrected chi connectivity index (χ4v) is 4.27. The highest BCUT2D eigenvalue weighted by Crippen LogP contribution is 2.25. The van der Waals surface area contributed by atoms with Gasteiger partial charge in [0.2, 0.25) is 11.8 Å². The molecule has 1 fully saturated rings. The van der Waals surface area contributed by atoms with Crippen LogP contribution >= 0.6 is 11.6 Å². The number of hydrogen-bond donors (Lipinski definition) is 0. The molecule has 0 bridgehead atoms. The van der Waals surface area contributed by atoms with E-state index >= 15 is 0 Å². The minimum atomic E-state index is -0.220. The van der Waals surface area contributed by atoms with E-state index in [1.54, 1.807) is 0 Å². The second-order valence-corrected chi connectivity index (χ2v) is 7.84. The molecule has 1 unspecified atom stereocenters. The summed E-state index contributed by atoms with van der Waals surface area (Å²) in [5.74, 6) is -0.0296. The van der Waals surface area contributed by atoms with Gasteiger partial charge >= 0.3 is 0 Å². The Bertz CT molecular complexity index is 867. The van der Waals surface area contributed by atoms with Crippen LogP contribution < -0.4 is 0 Å². The summed E-state index contributed by atoms with van der Waals surface area (Å²) in [4.78, 5) is 29.1. The summed E-state index contributed by atoms with van der Waals surface area (Å²) in [6.07, 6.45) is 1.97. The van der Waals surface area contributed by atoms with Gasteiger partial charge in [-0.1, -0.05) is 48.0 Å². The van der Waals surface area contributed by atoms with Gasteiger partial charge in [0.1, 0.15) is 0 Å². The van der Waals surface area contributed by atoms with E-state index in [0.717, 1.165) is 24.9 Å². The zero-order valence-corrected chi connectivity index (χ0v) is 16.0. The van der Waals surface area contributed by atoms with Gasteiger partial charge < -0.3 is 9.80 Å². The lowest BCUT2D eigenvalue weighted by atomic mass is 9.98. The third-order valence-electron chi connectivity index (χ3n) is 5.57. The van der Waals surface area contributed by atoms with Crippen molar-refractivity contribution in [3.63, 3.8) is 0 Å². The average Bonchev–Trinajstić information content (AvgIpc) is 3.06. The summed E-state index contributed by atoms with van der Waals surface area (Å²) in [6, 6.07) is 16.0. The number of fused-ring (bicyclic) bond motifs is 1. The SMILES string of the molecule is O=C1CC(C(=O)N2CCc3ccccc3C2)CN1CCc1cccc(Cl)c1. The third-order valence-corrected chi connectivity index (χ3v) is 5.80. The number of nitrogens with zero attached hydrogens (tertiary/aromatic N) is 2. The van der Waals surface area contributed by atoms with Gasteiger partial charge in [-0.3, -0.25) is 9.59 Å². The lowest BCUT2D eigenvalue weighted by Gasteiger charge is -2.30. The van der Waals surface area contributed by atoms with Crippen LogP contribution in [-0.2, 0) is 29.0 Å². The molecule has 0 radical (unpaired) electrons. The molecule has 0 spiro atoms. The molecule has 2 heterocycles. The minimum absolute atomic E-state index is 0.0767. The van der Waals surface area contributed by atoms with Crippen molar-refractivity contribution < 1.29 is 9.59 Å². The normalized spacial score (nSPS) is 19.3. The van der Waals surface area contributed by atoms with Crippen molar-refractivity contribution in [1.29, 1.82) is 0 Å². The summed E-state index contributed by atoms with van der Waals surface area (Å²) in [5, 5.41) is 0.707. The lowest BCUT2D eigenvalue weighted by Crippen LogP contribution is -2.40.